The number of benzene rings is 1. The number of nitrogens with one attached hydrogen (secondary N) is 1. The fraction of sp³-hybridized carbons (Fsp3) is 0.400. The number of ether oxygens (including phenoxy) is 3. The Labute approximate surface area is 133 Å². The number of primary amides is 1. The molecule has 126 valence electrons. The number of hydrogen-bond acceptors (Lipinski definition) is 6. The maximum Gasteiger partial charge on any atom is 0.339 e. The molecule has 0 saturated carbocycles. The first-order valence-corrected chi connectivity index (χ1v) is 6.83. The van der Waals surface area contributed by atoms with E-state index in [9.17, 15) is 14.4 Å². The maximum atomic E-state index is 12.2. The standard InChI is InChI=1S/C15H20N2O6/c1-8(2)12(13(18)17-15(16)20)23-14(19)9-5-6-10(21-3)11(7-9)22-4/h5-8,12H,1-4H3,(H3,16,17,18,20)/t12-/m1/s1. The van der Waals surface area contributed by atoms with Crippen molar-refractivity contribution in [3.63, 3.8) is 0 Å². The third-order valence-electron chi connectivity index (χ3n) is 2.96. The van der Waals surface area contributed by atoms with Crippen molar-refractivity contribution in [1.82, 2.24) is 5.32 Å². The van der Waals surface area contributed by atoms with E-state index in [2.05, 4.69) is 0 Å². The molecule has 0 aliphatic rings. The Balaban J connectivity index is 2.95. The molecule has 0 heterocycles. The lowest BCUT2D eigenvalue weighted by molar-refractivity contribution is -0.130. The van der Waals surface area contributed by atoms with Crippen LogP contribution in [0.15, 0.2) is 18.2 Å². The Hall–Kier alpha value is -2.77. The fourth-order valence-electron chi connectivity index (χ4n) is 1.83. The van der Waals surface area contributed by atoms with Crippen LogP contribution in [-0.4, -0.2) is 38.2 Å². The van der Waals surface area contributed by atoms with Crippen molar-refractivity contribution in [2.24, 2.45) is 11.7 Å². The lowest BCUT2D eigenvalue weighted by atomic mass is 10.1. The van der Waals surface area contributed by atoms with Crippen molar-refractivity contribution in [2.75, 3.05) is 14.2 Å². The van der Waals surface area contributed by atoms with Gasteiger partial charge in [-0.25, -0.2) is 9.59 Å². The normalized spacial score (nSPS) is 11.5. The monoisotopic (exact) mass is 324 g/mol. The number of methoxy groups -OCH3 is 2. The predicted octanol–water partition coefficient (Wildman–Crippen LogP) is 1.08. The van der Waals surface area contributed by atoms with Crippen LogP contribution in [0, 0.1) is 5.92 Å². The molecule has 1 aromatic rings. The van der Waals surface area contributed by atoms with Gasteiger partial charge in [0.1, 0.15) is 0 Å². The van der Waals surface area contributed by atoms with Gasteiger partial charge in [0.05, 0.1) is 19.8 Å². The summed E-state index contributed by atoms with van der Waals surface area (Å²) in [7, 11) is 2.91. The number of rotatable bonds is 6. The molecule has 0 spiro atoms. The van der Waals surface area contributed by atoms with Gasteiger partial charge >= 0.3 is 12.0 Å². The number of carbonyl (C=O) groups is 3. The summed E-state index contributed by atoms with van der Waals surface area (Å²) < 4.78 is 15.4. The molecule has 3 N–H and O–H groups in total. The summed E-state index contributed by atoms with van der Waals surface area (Å²) in [5.74, 6) is -1.05. The van der Waals surface area contributed by atoms with E-state index >= 15 is 0 Å². The van der Waals surface area contributed by atoms with Crippen LogP contribution in [0.2, 0.25) is 0 Å². The zero-order valence-electron chi connectivity index (χ0n) is 13.4. The smallest absolute Gasteiger partial charge is 0.339 e. The molecule has 1 rings (SSSR count). The number of nitrogens with two attached hydrogens (primary N) is 1. The summed E-state index contributed by atoms with van der Waals surface area (Å²) in [4.78, 5) is 34.8. The highest BCUT2D eigenvalue weighted by atomic mass is 16.5. The topological polar surface area (TPSA) is 117 Å². The predicted molar refractivity (Wildman–Crippen MR) is 81.3 cm³/mol. The Morgan fingerprint density at radius 1 is 1.09 bits per heavy atom. The van der Waals surface area contributed by atoms with Crippen LogP contribution in [0.1, 0.15) is 24.2 Å². The van der Waals surface area contributed by atoms with E-state index in [4.69, 9.17) is 19.9 Å². The lowest BCUT2D eigenvalue weighted by Gasteiger charge is -2.20. The molecule has 8 nitrogen and oxygen atoms in total. The summed E-state index contributed by atoms with van der Waals surface area (Å²) in [6, 6.07) is 3.45. The third kappa shape index (κ3) is 4.87. The molecule has 0 saturated heterocycles. The summed E-state index contributed by atoms with van der Waals surface area (Å²) in [5, 5.41) is 1.90. The largest absolute Gasteiger partial charge is 0.493 e. The zero-order valence-corrected chi connectivity index (χ0v) is 13.4. The van der Waals surface area contributed by atoms with E-state index in [0.717, 1.165) is 0 Å². The Kier molecular flexibility index (Phi) is 6.37. The Morgan fingerprint density at radius 3 is 2.17 bits per heavy atom. The lowest BCUT2D eigenvalue weighted by Crippen LogP contribution is -2.45. The third-order valence-corrected chi connectivity index (χ3v) is 2.96. The van der Waals surface area contributed by atoms with Crippen molar-refractivity contribution >= 4 is 17.9 Å². The molecule has 1 aromatic carbocycles. The van der Waals surface area contributed by atoms with Crippen molar-refractivity contribution in [3.05, 3.63) is 23.8 Å². The second-order valence-corrected chi connectivity index (χ2v) is 4.99. The molecule has 0 aliphatic carbocycles. The average Bonchev–Trinajstić information content (AvgIpc) is 2.50. The highest BCUT2D eigenvalue weighted by Gasteiger charge is 2.28. The maximum absolute atomic E-state index is 12.2. The van der Waals surface area contributed by atoms with Gasteiger partial charge in [-0.1, -0.05) is 13.8 Å². The fourth-order valence-corrected chi connectivity index (χ4v) is 1.83. The number of carbonyl (C=O) groups excluding carboxylic acids is 3. The van der Waals surface area contributed by atoms with Crippen LogP contribution in [0.3, 0.4) is 0 Å². The van der Waals surface area contributed by atoms with E-state index in [0.29, 0.717) is 11.5 Å². The second kappa shape index (κ2) is 8.02. The van der Waals surface area contributed by atoms with E-state index in [-0.39, 0.29) is 11.5 Å². The molecule has 0 fully saturated rings. The minimum Gasteiger partial charge on any atom is -0.493 e. The highest BCUT2D eigenvalue weighted by molar-refractivity contribution is 5.98. The molecule has 1 atom stereocenters. The molecule has 0 aromatic heterocycles. The number of urea groups is 1. The van der Waals surface area contributed by atoms with Gasteiger partial charge in [0.25, 0.3) is 5.91 Å². The molecular formula is C15H20N2O6. The van der Waals surface area contributed by atoms with Crippen LogP contribution in [0.4, 0.5) is 4.79 Å². The molecule has 0 radical (unpaired) electrons. The summed E-state index contributed by atoms with van der Waals surface area (Å²) in [5.41, 5.74) is 5.08. The number of imide groups is 1. The first kappa shape index (κ1) is 18.3. The van der Waals surface area contributed by atoms with Crippen molar-refractivity contribution in [3.8, 4) is 11.5 Å². The van der Waals surface area contributed by atoms with Crippen LogP contribution in [0.25, 0.3) is 0 Å². The van der Waals surface area contributed by atoms with Gasteiger partial charge < -0.3 is 19.9 Å². The molecule has 0 aliphatic heterocycles. The van der Waals surface area contributed by atoms with E-state index in [1.54, 1.807) is 19.9 Å². The average molecular weight is 324 g/mol. The quantitative estimate of drug-likeness (QED) is 0.756. The van der Waals surface area contributed by atoms with Crippen LogP contribution >= 0.6 is 0 Å². The molecule has 0 bridgehead atoms. The number of hydrogen-bond donors (Lipinski definition) is 2. The number of amides is 3. The van der Waals surface area contributed by atoms with Crippen LogP contribution in [0.5, 0.6) is 11.5 Å². The SMILES string of the molecule is COc1ccc(C(=O)O[C@@H](C(=O)NC(N)=O)C(C)C)cc1OC. The van der Waals surface area contributed by atoms with Gasteiger partial charge in [-0.05, 0) is 24.1 Å². The van der Waals surface area contributed by atoms with Crippen molar-refractivity contribution in [1.29, 1.82) is 0 Å². The molecule has 23 heavy (non-hydrogen) atoms. The van der Waals surface area contributed by atoms with Crippen LogP contribution < -0.4 is 20.5 Å². The zero-order chi connectivity index (χ0) is 17.6. The first-order chi connectivity index (χ1) is 10.8. The van der Waals surface area contributed by atoms with E-state index in [1.165, 1.54) is 26.4 Å². The van der Waals surface area contributed by atoms with Gasteiger partial charge in [-0.15, -0.1) is 0 Å². The minimum absolute atomic E-state index is 0.181. The van der Waals surface area contributed by atoms with Gasteiger partial charge in [-0.3, -0.25) is 10.1 Å². The van der Waals surface area contributed by atoms with Gasteiger partial charge in [0.15, 0.2) is 17.6 Å². The van der Waals surface area contributed by atoms with Crippen molar-refractivity contribution in [2.45, 2.75) is 20.0 Å². The van der Waals surface area contributed by atoms with Crippen LogP contribution in [-0.2, 0) is 9.53 Å². The Morgan fingerprint density at radius 2 is 1.70 bits per heavy atom. The minimum atomic E-state index is -1.15. The highest BCUT2D eigenvalue weighted by Crippen LogP contribution is 2.28. The van der Waals surface area contributed by atoms with Crippen molar-refractivity contribution < 1.29 is 28.6 Å². The summed E-state index contributed by atoms with van der Waals surface area (Å²) in [6.45, 7) is 3.35. The first-order valence-electron chi connectivity index (χ1n) is 6.83. The van der Waals surface area contributed by atoms with Gasteiger partial charge in [0.2, 0.25) is 0 Å². The molecule has 8 heteroatoms. The molecule has 3 amide bonds. The number of esters is 1. The summed E-state index contributed by atoms with van der Waals surface area (Å²) in [6.07, 6.45) is -1.15. The molecular weight excluding hydrogens is 304 g/mol. The summed E-state index contributed by atoms with van der Waals surface area (Å²) >= 11 is 0. The Bertz CT molecular complexity index is 600. The van der Waals surface area contributed by atoms with Gasteiger partial charge in [0, 0.05) is 0 Å². The van der Waals surface area contributed by atoms with E-state index < -0.39 is 24.0 Å². The molecule has 0 unspecified atom stereocenters. The van der Waals surface area contributed by atoms with E-state index in [1.807, 2.05) is 5.32 Å². The van der Waals surface area contributed by atoms with Gasteiger partial charge in [-0.2, -0.15) is 0 Å². The second-order valence-electron chi connectivity index (χ2n) is 4.99.